The molecule has 1 saturated heterocycles. The number of ether oxygens (including phenoxy) is 1. The van der Waals surface area contributed by atoms with Crippen LogP contribution in [0.1, 0.15) is 16.7 Å². The summed E-state index contributed by atoms with van der Waals surface area (Å²) >= 11 is 1.44. The number of rotatable bonds is 4. The van der Waals surface area contributed by atoms with Crippen LogP contribution in [0.4, 0.5) is 0 Å². The van der Waals surface area contributed by atoms with Crippen LogP contribution in [0.5, 0.6) is 0 Å². The van der Waals surface area contributed by atoms with Crippen LogP contribution in [0, 0.1) is 5.92 Å². The molecule has 0 unspecified atom stereocenters. The first-order chi connectivity index (χ1) is 10.2. The smallest absolute Gasteiger partial charge is 0.282 e. The molecular formula is C15H19N3O2S. The van der Waals surface area contributed by atoms with Gasteiger partial charge in [-0.1, -0.05) is 12.1 Å². The highest BCUT2D eigenvalue weighted by atomic mass is 32.1. The van der Waals surface area contributed by atoms with E-state index in [-0.39, 0.29) is 17.9 Å². The molecule has 0 radical (unpaired) electrons. The number of nitrogens with two attached hydrogens (primary N) is 1. The first-order valence-corrected chi connectivity index (χ1v) is 8.01. The topological polar surface area (TPSA) is 68.5 Å². The van der Waals surface area contributed by atoms with Gasteiger partial charge in [-0.15, -0.1) is 11.3 Å². The number of hydrogen-bond acceptors (Lipinski definition) is 5. The lowest BCUT2D eigenvalue weighted by Gasteiger charge is -2.15. The molecule has 2 aromatic rings. The lowest BCUT2D eigenvalue weighted by atomic mass is 10.1. The summed E-state index contributed by atoms with van der Waals surface area (Å²) in [7, 11) is 0. The third kappa shape index (κ3) is 2.79. The van der Waals surface area contributed by atoms with Crippen molar-refractivity contribution in [1.29, 1.82) is 0 Å². The Labute approximate surface area is 127 Å². The molecule has 0 bridgehead atoms. The van der Waals surface area contributed by atoms with Crippen molar-refractivity contribution in [3.8, 4) is 0 Å². The van der Waals surface area contributed by atoms with E-state index >= 15 is 0 Å². The van der Waals surface area contributed by atoms with Gasteiger partial charge >= 0.3 is 0 Å². The molecule has 1 aromatic heterocycles. The molecule has 0 saturated carbocycles. The summed E-state index contributed by atoms with van der Waals surface area (Å²) in [6, 6.07) is 7.81. The van der Waals surface area contributed by atoms with Crippen LogP contribution in [0.15, 0.2) is 24.3 Å². The normalized spacial score (nSPS) is 22.1. The third-order valence-corrected chi connectivity index (χ3v) is 4.85. The lowest BCUT2D eigenvalue weighted by molar-refractivity contribution is 0.0432. The number of amides is 1. The molecule has 6 heteroatoms. The van der Waals surface area contributed by atoms with E-state index in [4.69, 9.17) is 10.5 Å². The SMILES string of the molecule is CCO[C@@H]1CN(C(=O)c2nc3ccccc3s2)C[C@H]1CN. The number of likely N-dealkylation sites (tertiary alicyclic amines) is 1. The molecule has 2 atom stereocenters. The summed E-state index contributed by atoms with van der Waals surface area (Å²) in [5.74, 6) is 0.195. The van der Waals surface area contributed by atoms with Crippen molar-refractivity contribution in [3.05, 3.63) is 29.3 Å². The zero-order valence-corrected chi connectivity index (χ0v) is 12.8. The highest BCUT2D eigenvalue weighted by Crippen LogP contribution is 2.26. The second kappa shape index (κ2) is 6.09. The maximum atomic E-state index is 12.6. The number of carbonyl (C=O) groups is 1. The van der Waals surface area contributed by atoms with E-state index in [1.807, 2.05) is 36.1 Å². The molecule has 3 rings (SSSR count). The second-order valence-corrected chi connectivity index (χ2v) is 6.22. The van der Waals surface area contributed by atoms with Gasteiger partial charge in [-0.25, -0.2) is 4.98 Å². The third-order valence-electron chi connectivity index (χ3n) is 3.83. The monoisotopic (exact) mass is 305 g/mol. The zero-order chi connectivity index (χ0) is 14.8. The molecule has 1 fully saturated rings. The van der Waals surface area contributed by atoms with Crippen molar-refractivity contribution in [2.45, 2.75) is 13.0 Å². The Hall–Kier alpha value is -1.50. The molecule has 0 aliphatic carbocycles. The Morgan fingerprint density at radius 1 is 1.48 bits per heavy atom. The number of para-hydroxylation sites is 1. The molecule has 112 valence electrons. The molecule has 2 N–H and O–H groups in total. The molecular weight excluding hydrogens is 286 g/mol. The number of nitrogens with zero attached hydrogens (tertiary/aromatic N) is 2. The predicted octanol–water partition coefficient (Wildman–Crippen LogP) is 1.73. The van der Waals surface area contributed by atoms with Crippen molar-refractivity contribution in [1.82, 2.24) is 9.88 Å². The van der Waals surface area contributed by atoms with E-state index in [2.05, 4.69) is 4.98 Å². The molecule has 1 aromatic carbocycles. The van der Waals surface area contributed by atoms with Crippen LogP contribution in [0.25, 0.3) is 10.2 Å². The minimum Gasteiger partial charge on any atom is -0.376 e. The highest BCUT2D eigenvalue weighted by molar-refractivity contribution is 7.20. The van der Waals surface area contributed by atoms with Crippen LogP contribution in [0.2, 0.25) is 0 Å². The number of carbonyl (C=O) groups excluding carboxylic acids is 1. The van der Waals surface area contributed by atoms with E-state index < -0.39 is 0 Å². The van der Waals surface area contributed by atoms with Crippen molar-refractivity contribution in [3.63, 3.8) is 0 Å². The molecule has 21 heavy (non-hydrogen) atoms. The summed E-state index contributed by atoms with van der Waals surface area (Å²) < 4.78 is 6.73. The highest BCUT2D eigenvalue weighted by Gasteiger charge is 2.36. The summed E-state index contributed by atoms with van der Waals surface area (Å²) in [6.45, 7) is 4.39. The Morgan fingerprint density at radius 2 is 2.29 bits per heavy atom. The van der Waals surface area contributed by atoms with Crippen LogP contribution in [0.3, 0.4) is 0 Å². The molecule has 5 nitrogen and oxygen atoms in total. The summed E-state index contributed by atoms with van der Waals surface area (Å²) in [5.41, 5.74) is 6.66. The fraction of sp³-hybridized carbons (Fsp3) is 0.467. The number of benzene rings is 1. The van der Waals surface area contributed by atoms with Gasteiger partial charge in [0, 0.05) is 25.6 Å². The number of aromatic nitrogens is 1. The number of thiazole rings is 1. The van der Waals surface area contributed by atoms with Gasteiger partial charge in [0.2, 0.25) is 0 Å². The molecule has 2 heterocycles. The number of hydrogen-bond donors (Lipinski definition) is 1. The van der Waals surface area contributed by atoms with Crippen molar-refractivity contribution in [2.24, 2.45) is 11.7 Å². The van der Waals surface area contributed by atoms with Crippen molar-refractivity contribution >= 4 is 27.5 Å². The standard InChI is InChI=1S/C15H19N3O2S/c1-2-20-12-9-18(8-10(12)7-16)15(19)14-17-11-5-3-4-6-13(11)21-14/h3-6,10,12H,2,7-9,16H2,1H3/t10-,12-/m1/s1. The minimum absolute atomic E-state index is 0.0168. The van der Waals surface area contributed by atoms with Gasteiger partial charge in [-0.3, -0.25) is 4.79 Å². The van der Waals surface area contributed by atoms with Gasteiger partial charge in [0.15, 0.2) is 5.01 Å². The van der Waals surface area contributed by atoms with Gasteiger partial charge in [0.1, 0.15) is 0 Å². The zero-order valence-electron chi connectivity index (χ0n) is 12.0. The summed E-state index contributed by atoms with van der Waals surface area (Å²) in [6.07, 6.45) is 0.0401. The molecule has 1 aliphatic heterocycles. The first kappa shape index (κ1) is 14.4. The fourth-order valence-electron chi connectivity index (χ4n) is 2.74. The largest absolute Gasteiger partial charge is 0.376 e. The number of fused-ring (bicyclic) bond motifs is 1. The van der Waals surface area contributed by atoms with Crippen molar-refractivity contribution in [2.75, 3.05) is 26.2 Å². The van der Waals surface area contributed by atoms with Gasteiger partial charge in [-0.05, 0) is 25.6 Å². The lowest BCUT2D eigenvalue weighted by Crippen LogP contribution is -2.30. The van der Waals surface area contributed by atoms with E-state index in [0.29, 0.717) is 31.2 Å². The van der Waals surface area contributed by atoms with E-state index in [9.17, 15) is 4.79 Å². The maximum Gasteiger partial charge on any atom is 0.282 e. The van der Waals surface area contributed by atoms with Crippen LogP contribution >= 0.6 is 11.3 Å². The Morgan fingerprint density at radius 3 is 3.00 bits per heavy atom. The van der Waals surface area contributed by atoms with Crippen LogP contribution in [-0.4, -0.2) is 48.1 Å². The van der Waals surface area contributed by atoms with Gasteiger partial charge in [0.05, 0.1) is 16.3 Å². The minimum atomic E-state index is -0.0168. The maximum absolute atomic E-state index is 12.6. The van der Waals surface area contributed by atoms with Crippen LogP contribution in [-0.2, 0) is 4.74 Å². The van der Waals surface area contributed by atoms with E-state index in [0.717, 1.165) is 10.2 Å². The predicted molar refractivity (Wildman–Crippen MR) is 83.5 cm³/mol. The summed E-state index contributed by atoms with van der Waals surface area (Å²) in [4.78, 5) is 18.9. The molecule has 0 spiro atoms. The fourth-order valence-corrected chi connectivity index (χ4v) is 3.67. The van der Waals surface area contributed by atoms with Gasteiger partial charge < -0.3 is 15.4 Å². The van der Waals surface area contributed by atoms with Crippen LogP contribution < -0.4 is 5.73 Å². The average Bonchev–Trinajstić information content (AvgIpc) is 3.10. The molecule has 1 amide bonds. The Kier molecular flexibility index (Phi) is 4.19. The van der Waals surface area contributed by atoms with Gasteiger partial charge in [0.25, 0.3) is 5.91 Å². The Bertz CT molecular complexity index is 610. The van der Waals surface area contributed by atoms with E-state index in [1.165, 1.54) is 11.3 Å². The van der Waals surface area contributed by atoms with Gasteiger partial charge in [-0.2, -0.15) is 0 Å². The second-order valence-electron chi connectivity index (χ2n) is 5.19. The Balaban J connectivity index is 1.79. The summed E-state index contributed by atoms with van der Waals surface area (Å²) in [5, 5.41) is 0.545. The quantitative estimate of drug-likeness (QED) is 0.934. The first-order valence-electron chi connectivity index (χ1n) is 7.19. The van der Waals surface area contributed by atoms with Crippen molar-refractivity contribution < 1.29 is 9.53 Å². The average molecular weight is 305 g/mol. The molecule has 1 aliphatic rings. The van der Waals surface area contributed by atoms with E-state index in [1.54, 1.807) is 0 Å².